The number of aromatic hydroxyl groups is 1. The van der Waals surface area contributed by atoms with Gasteiger partial charge in [-0.25, -0.2) is 4.79 Å². The van der Waals surface area contributed by atoms with Crippen LogP contribution in [-0.4, -0.2) is 11.1 Å². The molecule has 0 aromatic heterocycles. The molecule has 0 aliphatic carbocycles. The van der Waals surface area contributed by atoms with Gasteiger partial charge in [0.2, 0.25) is 0 Å². The highest BCUT2D eigenvalue weighted by atomic mass is 19.4. The third-order valence-electron chi connectivity index (χ3n) is 2.73. The van der Waals surface area contributed by atoms with Crippen LogP contribution in [0.3, 0.4) is 0 Å². The van der Waals surface area contributed by atoms with Gasteiger partial charge in [0, 0.05) is 0 Å². The Morgan fingerprint density at radius 2 is 1.76 bits per heavy atom. The lowest BCUT2D eigenvalue weighted by Crippen LogP contribution is -2.08. The van der Waals surface area contributed by atoms with Crippen molar-refractivity contribution in [3.05, 3.63) is 65.2 Å². The highest BCUT2D eigenvalue weighted by Gasteiger charge is 2.30. The van der Waals surface area contributed by atoms with E-state index in [2.05, 4.69) is 0 Å². The normalized spacial score (nSPS) is 11.2. The number of hydrogen-bond donors (Lipinski definition) is 1. The first kappa shape index (κ1) is 14.9. The Hall–Kier alpha value is -2.50. The maximum Gasteiger partial charge on any atom is 0.416 e. The second-order valence-corrected chi connectivity index (χ2v) is 4.32. The van der Waals surface area contributed by atoms with Gasteiger partial charge in [-0.1, -0.05) is 12.1 Å². The molecule has 2 aromatic rings. The standard InChI is InChI=1S/C15H11F3O3/c16-15(17,18)12-3-1-2-10(8-12)9-21-14(20)11-4-6-13(19)7-5-11/h1-8,19H,9H2. The molecule has 2 aromatic carbocycles. The van der Waals surface area contributed by atoms with E-state index in [1.807, 2.05) is 0 Å². The number of phenolic OH excluding ortho intramolecular Hbond substituents is 1. The quantitative estimate of drug-likeness (QED) is 0.877. The van der Waals surface area contributed by atoms with Crippen LogP contribution in [0.4, 0.5) is 13.2 Å². The summed E-state index contributed by atoms with van der Waals surface area (Å²) in [6.07, 6.45) is -4.43. The Bertz CT molecular complexity index is 633. The number of phenols is 1. The summed E-state index contributed by atoms with van der Waals surface area (Å²) in [6, 6.07) is 9.95. The summed E-state index contributed by atoms with van der Waals surface area (Å²) in [7, 11) is 0. The zero-order valence-corrected chi connectivity index (χ0v) is 10.7. The van der Waals surface area contributed by atoms with Gasteiger partial charge in [0.1, 0.15) is 12.4 Å². The summed E-state index contributed by atoms with van der Waals surface area (Å²) >= 11 is 0. The molecule has 3 nitrogen and oxygen atoms in total. The number of carbonyl (C=O) groups is 1. The fraction of sp³-hybridized carbons (Fsp3) is 0.133. The van der Waals surface area contributed by atoms with E-state index in [0.29, 0.717) is 0 Å². The minimum atomic E-state index is -4.43. The molecule has 110 valence electrons. The summed E-state index contributed by atoms with van der Waals surface area (Å²) in [5.41, 5.74) is -0.336. The first-order chi connectivity index (χ1) is 9.86. The van der Waals surface area contributed by atoms with E-state index in [9.17, 15) is 18.0 Å². The molecule has 1 N–H and O–H groups in total. The lowest BCUT2D eigenvalue weighted by Gasteiger charge is -2.09. The van der Waals surface area contributed by atoms with Crippen LogP contribution in [0, 0.1) is 0 Å². The molecule has 0 unspecified atom stereocenters. The number of carbonyl (C=O) groups excluding carboxylic acids is 1. The topological polar surface area (TPSA) is 46.5 Å². The van der Waals surface area contributed by atoms with Gasteiger partial charge in [-0.3, -0.25) is 0 Å². The monoisotopic (exact) mass is 296 g/mol. The first-order valence-electron chi connectivity index (χ1n) is 5.98. The third-order valence-corrected chi connectivity index (χ3v) is 2.73. The molecule has 0 aliphatic rings. The Morgan fingerprint density at radius 3 is 2.38 bits per heavy atom. The average molecular weight is 296 g/mol. The molecule has 0 saturated heterocycles. The molecule has 0 bridgehead atoms. The van der Waals surface area contributed by atoms with E-state index >= 15 is 0 Å². The number of hydrogen-bond acceptors (Lipinski definition) is 3. The molecule has 0 atom stereocenters. The van der Waals surface area contributed by atoms with Crippen LogP contribution in [-0.2, 0) is 17.5 Å². The van der Waals surface area contributed by atoms with E-state index in [1.165, 1.54) is 36.4 Å². The van der Waals surface area contributed by atoms with Crippen molar-refractivity contribution in [1.29, 1.82) is 0 Å². The highest BCUT2D eigenvalue weighted by Crippen LogP contribution is 2.29. The van der Waals surface area contributed by atoms with Gasteiger partial charge in [0.05, 0.1) is 11.1 Å². The second-order valence-electron chi connectivity index (χ2n) is 4.32. The second kappa shape index (κ2) is 5.87. The van der Waals surface area contributed by atoms with Crippen molar-refractivity contribution in [2.75, 3.05) is 0 Å². The van der Waals surface area contributed by atoms with E-state index in [1.54, 1.807) is 0 Å². The SMILES string of the molecule is O=C(OCc1cccc(C(F)(F)F)c1)c1ccc(O)cc1. The van der Waals surface area contributed by atoms with Gasteiger partial charge in [-0.2, -0.15) is 13.2 Å². The molecule has 0 fully saturated rings. The predicted molar refractivity (Wildman–Crippen MR) is 68.7 cm³/mol. The van der Waals surface area contributed by atoms with Crippen LogP contribution in [0.15, 0.2) is 48.5 Å². The van der Waals surface area contributed by atoms with Crippen LogP contribution < -0.4 is 0 Å². The van der Waals surface area contributed by atoms with E-state index in [-0.39, 0.29) is 23.5 Å². The van der Waals surface area contributed by atoms with Crippen molar-refractivity contribution in [3.8, 4) is 5.75 Å². The Labute approximate surface area is 118 Å². The van der Waals surface area contributed by atoms with Gasteiger partial charge in [-0.05, 0) is 42.0 Å². The number of rotatable bonds is 3. The third kappa shape index (κ3) is 3.98. The fourth-order valence-corrected chi connectivity index (χ4v) is 1.67. The number of esters is 1. The minimum Gasteiger partial charge on any atom is -0.508 e. The summed E-state index contributed by atoms with van der Waals surface area (Å²) in [6.45, 7) is -0.260. The molecule has 0 heterocycles. The van der Waals surface area contributed by atoms with Crippen LogP contribution in [0.5, 0.6) is 5.75 Å². The Morgan fingerprint density at radius 1 is 1.10 bits per heavy atom. The van der Waals surface area contributed by atoms with Crippen LogP contribution in [0.1, 0.15) is 21.5 Å². The molecule has 0 amide bonds. The minimum absolute atomic E-state index is 0.00410. The molecule has 0 spiro atoms. The molecule has 2 rings (SSSR count). The lowest BCUT2D eigenvalue weighted by molar-refractivity contribution is -0.137. The average Bonchev–Trinajstić information content (AvgIpc) is 2.45. The molecule has 6 heteroatoms. The lowest BCUT2D eigenvalue weighted by atomic mass is 10.1. The fourth-order valence-electron chi connectivity index (χ4n) is 1.67. The number of benzene rings is 2. The first-order valence-corrected chi connectivity index (χ1v) is 5.98. The summed E-state index contributed by atoms with van der Waals surface area (Å²) < 4.78 is 42.5. The summed E-state index contributed by atoms with van der Waals surface area (Å²) in [4.78, 5) is 11.7. The van der Waals surface area contributed by atoms with Gasteiger partial charge >= 0.3 is 12.1 Å². The van der Waals surface area contributed by atoms with Crippen LogP contribution >= 0.6 is 0 Å². The van der Waals surface area contributed by atoms with E-state index < -0.39 is 17.7 Å². The van der Waals surface area contributed by atoms with Crippen LogP contribution in [0.2, 0.25) is 0 Å². The summed E-state index contributed by atoms with van der Waals surface area (Å²) in [5, 5.41) is 9.09. The molecule has 21 heavy (non-hydrogen) atoms. The largest absolute Gasteiger partial charge is 0.508 e. The highest BCUT2D eigenvalue weighted by molar-refractivity contribution is 5.89. The maximum atomic E-state index is 12.5. The van der Waals surface area contributed by atoms with Gasteiger partial charge in [0.25, 0.3) is 0 Å². The zero-order chi connectivity index (χ0) is 15.5. The number of halogens is 3. The molecule has 0 saturated carbocycles. The van der Waals surface area contributed by atoms with Gasteiger partial charge in [-0.15, -0.1) is 0 Å². The smallest absolute Gasteiger partial charge is 0.416 e. The maximum absolute atomic E-state index is 12.5. The van der Waals surface area contributed by atoms with Crippen molar-refractivity contribution in [3.63, 3.8) is 0 Å². The molecular formula is C15H11F3O3. The Kier molecular flexibility index (Phi) is 4.16. The zero-order valence-electron chi connectivity index (χ0n) is 10.7. The van der Waals surface area contributed by atoms with Crippen LogP contribution in [0.25, 0.3) is 0 Å². The number of ether oxygens (including phenoxy) is 1. The number of alkyl halides is 3. The van der Waals surface area contributed by atoms with Crippen molar-refractivity contribution < 1.29 is 27.8 Å². The summed E-state index contributed by atoms with van der Waals surface area (Å²) in [5.74, 6) is -0.670. The van der Waals surface area contributed by atoms with E-state index in [0.717, 1.165) is 12.1 Å². The molecule has 0 aliphatic heterocycles. The predicted octanol–water partition coefficient (Wildman–Crippen LogP) is 3.77. The van der Waals surface area contributed by atoms with E-state index in [4.69, 9.17) is 9.84 Å². The van der Waals surface area contributed by atoms with Gasteiger partial charge in [0.15, 0.2) is 0 Å². The van der Waals surface area contributed by atoms with Crippen molar-refractivity contribution >= 4 is 5.97 Å². The Balaban J connectivity index is 2.03. The molecule has 0 radical (unpaired) electrons. The van der Waals surface area contributed by atoms with Crippen molar-refractivity contribution in [2.45, 2.75) is 12.8 Å². The van der Waals surface area contributed by atoms with Gasteiger partial charge < -0.3 is 9.84 Å². The van der Waals surface area contributed by atoms with Crippen molar-refractivity contribution in [1.82, 2.24) is 0 Å². The molecular weight excluding hydrogens is 285 g/mol. The van der Waals surface area contributed by atoms with Crippen molar-refractivity contribution in [2.24, 2.45) is 0 Å².